The van der Waals surface area contributed by atoms with Crippen LogP contribution in [0.4, 0.5) is 0 Å². The highest BCUT2D eigenvalue weighted by Crippen LogP contribution is 2.50. The standard InChI is InChI=1S/C21H22ClN3OS/c1-13-9-21(20-16(5-6-26-21)8-19(22)27-20)10-18(25-13)15-4-2-3-14(7-15)17-11-23-24-12-17/h2-4,7-8,11-13,18,25H,5-6,9-10H2,1H3,(H,23,24). The minimum atomic E-state index is -0.230. The van der Waals surface area contributed by atoms with Crippen molar-refractivity contribution in [3.8, 4) is 11.1 Å². The summed E-state index contributed by atoms with van der Waals surface area (Å²) >= 11 is 8.06. The van der Waals surface area contributed by atoms with Gasteiger partial charge in [0.05, 0.1) is 17.1 Å². The Kier molecular flexibility index (Phi) is 4.36. The van der Waals surface area contributed by atoms with E-state index < -0.39 is 0 Å². The number of thiophene rings is 1. The third-order valence-electron chi connectivity index (χ3n) is 5.72. The fourth-order valence-corrected chi connectivity index (χ4v) is 6.08. The third-order valence-corrected chi connectivity index (χ3v) is 7.21. The first-order chi connectivity index (χ1) is 13.1. The van der Waals surface area contributed by atoms with Crippen molar-refractivity contribution in [1.82, 2.24) is 15.5 Å². The summed E-state index contributed by atoms with van der Waals surface area (Å²) in [5.74, 6) is 0. The van der Waals surface area contributed by atoms with Crippen LogP contribution in [0.15, 0.2) is 42.7 Å². The Morgan fingerprint density at radius 2 is 2.19 bits per heavy atom. The molecule has 1 aromatic carbocycles. The maximum absolute atomic E-state index is 6.47. The van der Waals surface area contributed by atoms with Gasteiger partial charge in [-0.1, -0.05) is 29.8 Å². The van der Waals surface area contributed by atoms with Crippen molar-refractivity contribution in [1.29, 1.82) is 0 Å². The molecule has 1 spiro atoms. The molecule has 6 heteroatoms. The second-order valence-electron chi connectivity index (χ2n) is 7.64. The predicted octanol–water partition coefficient (Wildman–Crippen LogP) is 5.07. The highest BCUT2D eigenvalue weighted by atomic mass is 35.5. The molecule has 2 N–H and O–H groups in total. The lowest BCUT2D eigenvalue weighted by Gasteiger charge is -2.46. The van der Waals surface area contributed by atoms with Gasteiger partial charge in [-0.25, -0.2) is 0 Å². The molecule has 3 aromatic rings. The first kappa shape index (κ1) is 17.4. The Morgan fingerprint density at radius 1 is 1.26 bits per heavy atom. The first-order valence-electron chi connectivity index (χ1n) is 9.41. The molecule has 0 saturated carbocycles. The van der Waals surface area contributed by atoms with Gasteiger partial charge in [0.15, 0.2) is 0 Å². The molecule has 4 heterocycles. The van der Waals surface area contributed by atoms with Crippen molar-refractivity contribution < 1.29 is 4.74 Å². The molecular weight excluding hydrogens is 378 g/mol. The summed E-state index contributed by atoms with van der Waals surface area (Å²) in [5.41, 5.74) is 4.72. The Morgan fingerprint density at radius 3 is 3.04 bits per heavy atom. The maximum Gasteiger partial charge on any atom is 0.106 e. The quantitative estimate of drug-likeness (QED) is 0.632. The second kappa shape index (κ2) is 6.74. The van der Waals surface area contributed by atoms with Crippen LogP contribution in [-0.4, -0.2) is 22.8 Å². The lowest BCUT2D eigenvalue weighted by atomic mass is 9.78. The fraction of sp³-hybridized carbons (Fsp3) is 0.381. The van der Waals surface area contributed by atoms with E-state index in [0.717, 1.165) is 35.8 Å². The molecule has 5 rings (SSSR count). The monoisotopic (exact) mass is 399 g/mol. The van der Waals surface area contributed by atoms with Crippen LogP contribution in [-0.2, 0) is 16.8 Å². The highest BCUT2D eigenvalue weighted by Gasteiger charge is 2.46. The summed E-state index contributed by atoms with van der Waals surface area (Å²) in [6.07, 6.45) is 6.66. The molecule has 3 unspecified atom stereocenters. The van der Waals surface area contributed by atoms with E-state index in [1.807, 2.05) is 12.4 Å². The van der Waals surface area contributed by atoms with Crippen molar-refractivity contribution in [2.75, 3.05) is 6.61 Å². The third kappa shape index (κ3) is 3.13. The van der Waals surface area contributed by atoms with E-state index in [4.69, 9.17) is 16.3 Å². The highest BCUT2D eigenvalue weighted by molar-refractivity contribution is 7.16. The van der Waals surface area contributed by atoms with Gasteiger partial charge in [0.2, 0.25) is 0 Å². The van der Waals surface area contributed by atoms with Crippen molar-refractivity contribution >= 4 is 22.9 Å². The Bertz CT molecular complexity index is 954. The molecule has 0 radical (unpaired) electrons. The zero-order valence-electron chi connectivity index (χ0n) is 15.2. The molecule has 1 fully saturated rings. The molecule has 2 aromatic heterocycles. The molecular formula is C21H22ClN3OS. The van der Waals surface area contributed by atoms with Gasteiger partial charge < -0.3 is 10.1 Å². The smallest absolute Gasteiger partial charge is 0.106 e. The second-order valence-corrected chi connectivity index (χ2v) is 9.32. The van der Waals surface area contributed by atoms with E-state index in [9.17, 15) is 0 Å². The molecule has 140 valence electrons. The number of hydrogen-bond donors (Lipinski definition) is 2. The van der Waals surface area contributed by atoms with E-state index in [1.165, 1.54) is 21.6 Å². The fourth-order valence-electron chi connectivity index (χ4n) is 4.62. The number of hydrogen-bond acceptors (Lipinski definition) is 4. The van der Waals surface area contributed by atoms with E-state index in [-0.39, 0.29) is 11.6 Å². The Balaban J connectivity index is 1.51. The van der Waals surface area contributed by atoms with Crippen molar-refractivity contribution in [2.45, 2.75) is 43.9 Å². The van der Waals surface area contributed by atoms with Crippen LogP contribution in [0.25, 0.3) is 11.1 Å². The predicted molar refractivity (Wildman–Crippen MR) is 109 cm³/mol. The Labute approximate surface area is 167 Å². The van der Waals surface area contributed by atoms with Gasteiger partial charge >= 0.3 is 0 Å². The molecule has 2 aliphatic heterocycles. The van der Waals surface area contributed by atoms with E-state index >= 15 is 0 Å². The molecule has 0 bridgehead atoms. The SMILES string of the molecule is CC1CC2(CC(c3cccc(-c4cn[nH]c4)c3)N1)OCCc1cc(Cl)sc12. The Hall–Kier alpha value is -1.66. The number of halogens is 1. The molecule has 0 aliphatic carbocycles. The normalized spacial score (nSPS) is 27.6. The first-order valence-corrected chi connectivity index (χ1v) is 10.6. The van der Waals surface area contributed by atoms with Crippen LogP contribution in [0.3, 0.4) is 0 Å². The van der Waals surface area contributed by atoms with E-state index in [2.05, 4.69) is 52.8 Å². The number of H-pyrrole nitrogens is 1. The summed E-state index contributed by atoms with van der Waals surface area (Å²) in [4.78, 5) is 1.34. The number of rotatable bonds is 2. The van der Waals surface area contributed by atoms with Gasteiger partial charge in [-0.05, 0) is 48.6 Å². The average molecular weight is 400 g/mol. The van der Waals surface area contributed by atoms with Gasteiger partial charge in [0.1, 0.15) is 5.60 Å². The molecule has 27 heavy (non-hydrogen) atoms. The van der Waals surface area contributed by atoms with Gasteiger partial charge in [-0.15, -0.1) is 11.3 Å². The van der Waals surface area contributed by atoms with Crippen molar-refractivity contribution in [3.63, 3.8) is 0 Å². The molecule has 1 saturated heterocycles. The molecule has 3 atom stereocenters. The zero-order chi connectivity index (χ0) is 18.4. The van der Waals surface area contributed by atoms with Gasteiger partial charge in [0.25, 0.3) is 0 Å². The largest absolute Gasteiger partial charge is 0.369 e. The number of nitrogens with zero attached hydrogens (tertiary/aromatic N) is 1. The molecule has 0 amide bonds. The van der Waals surface area contributed by atoms with Crippen LogP contribution in [0, 0.1) is 0 Å². The summed E-state index contributed by atoms with van der Waals surface area (Å²) in [7, 11) is 0. The molecule has 4 nitrogen and oxygen atoms in total. The van der Waals surface area contributed by atoms with Crippen LogP contribution in [0.5, 0.6) is 0 Å². The van der Waals surface area contributed by atoms with Gasteiger partial charge in [0, 0.05) is 35.1 Å². The lowest BCUT2D eigenvalue weighted by molar-refractivity contribution is -0.0954. The lowest BCUT2D eigenvalue weighted by Crippen LogP contribution is -2.49. The summed E-state index contributed by atoms with van der Waals surface area (Å²) in [5, 5.41) is 10.8. The van der Waals surface area contributed by atoms with Crippen molar-refractivity contribution in [3.05, 3.63) is 63.1 Å². The van der Waals surface area contributed by atoms with Crippen LogP contribution in [0.2, 0.25) is 4.34 Å². The number of ether oxygens (including phenoxy) is 1. The average Bonchev–Trinajstić information content (AvgIpc) is 3.31. The zero-order valence-corrected chi connectivity index (χ0v) is 16.7. The maximum atomic E-state index is 6.47. The number of nitrogens with one attached hydrogen (secondary N) is 2. The summed E-state index contributed by atoms with van der Waals surface area (Å²) < 4.78 is 7.34. The van der Waals surface area contributed by atoms with Crippen LogP contribution in [0.1, 0.15) is 41.8 Å². The van der Waals surface area contributed by atoms with Crippen LogP contribution < -0.4 is 5.32 Å². The van der Waals surface area contributed by atoms with E-state index in [1.54, 1.807) is 11.3 Å². The number of piperidine rings is 1. The van der Waals surface area contributed by atoms with Crippen LogP contribution >= 0.6 is 22.9 Å². The van der Waals surface area contributed by atoms with Gasteiger partial charge in [-0.2, -0.15) is 5.10 Å². The number of aromatic amines is 1. The minimum absolute atomic E-state index is 0.230. The number of benzene rings is 1. The number of fused-ring (bicyclic) bond motifs is 2. The molecule has 2 aliphatic rings. The van der Waals surface area contributed by atoms with E-state index in [0.29, 0.717) is 6.04 Å². The summed E-state index contributed by atoms with van der Waals surface area (Å²) in [6.45, 7) is 3.02. The van der Waals surface area contributed by atoms with Crippen molar-refractivity contribution in [2.24, 2.45) is 0 Å². The number of aromatic nitrogens is 2. The summed E-state index contributed by atoms with van der Waals surface area (Å²) in [6, 6.07) is 11.5. The van der Waals surface area contributed by atoms with Gasteiger partial charge in [-0.3, -0.25) is 5.10 Å². The topological polar surface area (TPSA) is 49.9 Å². The minimum Gasteiger partial charge on any atom is -0.369 e.